The van der Waals surface area contributed by atoms with Gasteiger partial charge in [-0.25, -0.2) is 4.68 Å². The topological polar surface area (TPSA) is 30.7 Å². The number of benzene rings is 1. The van der Waals surface area contributed by atoms with E-state index in [4.69, 9.17) is 23.2 Å². The zero-order valence-corrected chi connectivity index (χ0v) is 11.2. The number of hydrogen-bond donors (Lipinski definition) is 0. The minimum absolute atomic E-state index is 0.365. The molecule has 0 saturated heterocycles. The van der Waals surface area contributed by atoms with Crippen molar-refractivity contribution in [1.82, 2.24) is 15.0 Å². The van der Waals surface area contributed by atoms with E-state index < -0.39 is 0 Å². The fourth-order valence-electron chi connectivity index (χ4n) is 1.14. The van der Waals surface area contributed by atoms with Gasteiger partial charge in [-0.15, -0.1) is 16.7 Å². The number of nitrogens with zero attached hydrogens (tertiary/aromatic N) is 3. The molecule has 0 atom stereocenters. The van der Waals surface area contributed by atoms with Gasteiger partial charge in [0.05, 0.1) is 23.5 Å². The van der Waals surface area contributed by atoms with E-state index in [2.05, 4.69) is 32.9 Å². The van der Waals surface area contributed by atoms with E-state index >= 15 is 0 Å². The largest absolute Gasteiger partial charge is 0.219 e. The standard InChI is InChI=1S/C9H6Cl2IN3/c10-4-7-5-15(14-13-7)9-2-1-6(11)3-8(9)12/h1-3,5H,4H2. The second kappa shape index (κ2) is 4.67. The summed E-state index contributed by atoms with van der Waals surface area (Å²) in [5, 5.41) is 8.61. The lowest BCUT2D eigenvalue weighted by Crippen LogP contribution is -1.97. The Morgan fingerprint density at radius 2 is 2.20 bits per heavy atom. The normalized spacial score (nSPS) is 10.6. The van der Waals surface area contributed by atoms with E-state index in [0.717, 1.165) is 15.0 Å². The monoisotopic (exact) mass is 353 g/mol. The van der Waals surface area contributed by atoms with E-state index in [9.17, 15) is 0 Å². The Morgan fingerprint density at radius 3 is 2.80 bits per heavy atom. The highest BCUT2D eigenvalue weighted by Gasteiger charge is 2.05. The van der Waals surface area contributed by atoms with Crippen molar-refractivity contribution in [3.63, 3.8) is 0 Å². The van der Waals surface area contributed by atoms with Gasteiger partial charge in [-0.3, -0.25) is 0 Å². The minimum atomic E-state index is 0.365. The van der Waals surface area contributed by atoms with Crippen LogP contribution in [0.5, 0.6) is 0 Å². The van der Waals surface area contributed by atoms with Crippen LogP contribution in [0.25, 0.3) is 5.69 Å². The number of rotatable bonds is 2. The average molecular weight is 354 g/mol. The molecular formula is C9H6Cl2IN3. The Labute approximate surface area is 111 Å². The van der Waals surface area contributed by atoms with Crippen molar-refractivity contribution in [2.45, 2.75) is 5.88 Å². The van der Waals surface area contributed by atoms with Gasteiger partial charge in [-0.2, -0.15) is 0 Å². The van der Waals surface area contributed by atoms with E-state index in [-0.39, 0.29) is 0 Å². The lowest BCUT2D eigenvalue weighted by molar-refractivity contribution is 0.797. The quantitative estimate of drug-likeness (QED) is 0.612. The molecule has 0 N–H and O–H groups in total. The van der Waals surface area contributed by atoms with Gasteiger partial charge in [0.2, 0.25) is 0 Å². The van der Waals surface area contributed by atoms with Crippen molar-refractivity contribution in [2.75, 3.05) is 0 Å². The van der Waals surface area contributed by atoms with Crippen LogP contribution in [-0.2, 0) is 5.88 Å². The molecule has 0 aliphatic rings. The van der Waals surface area contributed by atoms with E-state index in [1.165, 1.54) is 0 Å². The Bertz CT molecular complexity index is 484. The van der Waals surface area contributed by atoms with Gasteiger partial charge in [0.15, 0.2) is 0 Å². The van der Waals surface area contributed by atoms with Gasteiger partial charge in [0.1, 0.15) is 0 Å². The highest BCUT2D eigenvalue weighted by atomic mass is 127. The number of alkyl halides is 1. The second-order valence-electron chi connectivity index (χ2n) is 2.88. The average Bonchev–Trinajstić information content (AvgIpc) is 2.66. The predicted octanol–water partition coefficient (Wildman–Crippen LogP) is 3.26. The zero-order chi connectivity index (χ0) is 10.8. The van der Waals surface area contributed by atoms with Gasteiger partial charge in [-0.05, 0) is 40.8 Å². The van der Waals surface area contributed by atoms with Crippen LogP contribution in [0, 0.1) is 3.57 Å². The highest BCUT2D eigenvalue weighted by molar-refractivity contribution is 14.1. The summed E-state index contributed by atoms with van der Waals surface area (Å²) in [5.74, 6) is 0.365. The maximum absolute atomic E-state index is 5.87. The smallest absolute Gasteiger partial charge is 0.0979 e. The molecule has 1 aromatic heterocycles. The predicted molar refractivity (Wildman–Crippen MR) is 68.6 cm³/mol. The highest BCUT2D eigenvalue weighted by Crippen LogP contribution is 2.20. The van der Waals surface area contributed by atoms with Gasteiger partial charge >= 0.3 is 0 Å². The molecule has 1 heterocycles. The summed E-state index contributed by atoms with van der Waals surface area (Å²) in [6.07, 6.45) is 1.80. The van der Waals surface area contributed by atoms with Crippen LogP contribution in [0.4, 0.5) is 0 Å². The second-order valence-corrected chi connectivity index (χ2v) is 4.75. The molecule has 0 unspecified atom stereocenters. The van der Waals surface area contributed by atoms with Crippen LogP contribution in [0.3, 0.4) is 0 Å². The molecule has 2 rings (SSSR count). The molecule has 78 valence electrons. The summed E-state index contributed by atoms with van der Waals surface area (Å²) < 4.78 is 2.71. The molecular weight excluding hydrogens is 348 g/mol. The fraction of sp³-hybridized carbons (Fsp3) is 0.111. The van der Waals surface area contributed by atoms with Crippen molar-refractivity contribution >= 4 is 45.8 Å². The molecule has 0 fully saturated rings. The summed E-state index contributed by atoms with van der Waals surface area (Å²) in [6.45, 7) is 0. The molecule has 0 aliphatic carbocycles. The Kier molecular flexibility index (Phi) is 3.48. The van der Waals surface area contributed by atoms with Crippen molar-refractivity contribution in [3.8, 4) is 5.69 Å². The molecule has 3 nitrogen and oxygen atoms in total. The number of halogens is 3. The Balaban J connectivity index is 2.44. The van der Waals surface area contributed by atoms with E-state index in [1.807, 2.05) is 18.2 Å². The summed E-state index contributed by atoms with van der Waals surface area (Å²) in [7, 11) is 0. The summed E-state index contributed by atoms with van der Waals surface area (Å²) >= 11 is 13.7. The first-order valence-corrected chi connectivity index (χ1v) is 6.12. The molecule has 15 heavy (non-hydrogen) atoms. The third-order valence-corrected chi connectivity index (χ3v) is 3.21. The summed E-state index contributed by atoms with van der Waals surface area (Å²) in [6, 6.07) is 5.59. The first-order chi connectivity index (χ1) is 7.20. The molecule has 0 aliphatic heterocycles. The molecule has 1 aromatic carbocycles. The molecule has 0 saturated carbocycles. The zero-order valence-electron chi connectivity index (χ0n) is 7.49. The maximum Gasteiger partial charge on any atom is 0.0979 e. The molecule has 0 spiro atoms. The van der Waals surface area contributed by atoms with Gasteiger partial charge in [0.25, 0.3) is 0 Å². The number of aromatic nitrogens is 3. The van der Waals surface area contributed by atoms with Crippen LogP contribution < -0.4 is 0 Å². The maximum atomic E-state index is 5.87. The Morgan fingerprint density at radius 1 is 1.40 bits per heavy atom. The summed E-state index contributed by atoms with van der Waals surface area (Å²) in [4.78, 5) is 0. The lowest BCUT2D eigenvalue weighted by atomic mass is 10.3. The van der Waals surface area contributed by atoms with E-state index in [0.29, 0.717) is 10.9 Å². The molecule has 0 bridgehead atoms. The van der Waals surface area contributed by atoms with E-state index in [1.54, 1.807) is 10.9 Å². The number of hydrogen-bond acceptors (Lipinski definition) is 2. The van der Waals surface area contributed by atoms with Crippen molar-refractivity contribution in [2.24, 2.45) is 0 Å². The van der Waals surface area contributed by atoms with Crippen LogP contribution in [0.1, 0.15) is 5.69 Å². The fourth-order valence-corrected chi connectivity index (χ4v) is 2.39. The van der Waals surface area contributed by atoms with Crippen molar-refractivity contribution in [3.05, 3.63) is 38.7 Å². The van der Waals surface area contributed by atoms with Crippen LogP contribution in [0.2, 0.25) is 5.02 Å². The van der Waals surface area contributed by atoms with Gasteiger partial charge in [-0.1, -0.05) is 16.8 Å². The van der Waals surface area contributed by atoms with Gasteiger partial charge < -0.3 is 0 Å². The third kappa shape index (κ3) is 2.43. The first kappa shape index (κ1) is 11.2. The van der Waals surface area contributed by atoms with Crippen LogP contribution in [0.15, 0.2) is 24.4 Å². The van der Waals surface area contributed by atoms with Crippen LogP contribution >= 0.6 is 45.8 Å². The summed E-state index contributed by atoms with van der Waals surface area (Å²) in [5.41, 5.74) is 1.70. The lowest BCUT2D eigenvalue weighted by Gasteiger charge is -2.03. The first-order valence-electron chi connectivity index (χ1n) is 4.13. The minimum Gasteiger partial charge on any atom is -0.219 e. The van der Waals surface area contributed by atoms with Crippen LogP contribution in [-0.4, -0.2) is 15.0 Å². The van der Waals surface area contributed by atoms with Crippen molar-refractivity contribution in [1.29, 1.82) is 0 Å². The van der Waals surface area contributed by atoms with Crippen molar-refractivity contribution < 1.29 is 0 Å². The molecule has 0 amide bonds. The molecule has 2 aromatic rings. The van der Waals surface area contributed by atoms with Gasteiger partial charge in [0, 0.05) is 8.59 Å². The molecule has 6 heteroatoms. The SMILES string of the molecule is ClCc1cn(-c2ccc(Cl)cc2I)nn1. The Hall–Kier alpha value is -0.330. The third-order valence-electron chi connectivity index (χ3n) is 1.83. The molecule has 0 radical (unpaired) electrons.